The number of amides is 1. The third-order valence-electron chi connectivity index (χ3n) is 4.87. The molecule has 4 rings (SSSR count). The Bertz CT molecular complexity index is 833. The van der Waals surface area contributed by atoms with E-state index in [0.29, 0.717) is 12.5 Å². The Labute approximate surface area is 160 Å². The van der Waals surface area contributed by atoms with Gasteiger partial charge in [0.2, 0.25) is 0 Å². The first kappa shape index (κ1) is 16.9. The Balaban J connectivity index is 1.71. The zero-order valence-corrected chi connectivity index (χ0v) is 16.7. The highest BCUT2D eigenvalue weighted by atomic mass is 79.9. The van der Waals surface area contributed by atoms with Crippen molar-refractivity contribution in [1.29, 1.82) is 0 Å². The molecule has 0 saturated carbocycles. The van der Waals surface area contributed by atoms with Crippen LogP contribution in [0.5, 0.6) is 5.75 Å². The first-order valence-corrected chi connectivity index (χ1v) is 10.3. The van der Waals surface area contributed by atoms with Crippen molar-refractivity contribution in [3.8, 4) is 5.75 Å². The molecule has 1 aromatic heterocycles. The Morgan fingerprint density at radius 3 is 3.00 bits per heavy atom. The van der Waals surface area contributed by atoms with Gasteiger partial charge in [-0.05, 0) is 55.9 Å². The van der Waals surface area contributed by atoms with Crippen LogP contribution in [0.15, 0.2) is 22.7 Å². The molecule has 25 heavy (non-hydrogen) atoms. The van der Waals surface area contributed by atoms with Gasteiger partial charge in [0.25, 0.3) is 5.91 Å². The third kappa shape index (κ3) is 3.06. The molecule has 2 aliphatic rings. The van der Waals surface area contributed by atoms with Gasteiger partial charge in [0, 0.05) is 14.9 Å². The summed E-state index contributed by atoms with van der Waals surface area (Å²) in [5.74, 6) is 1.51. The van der Waals surface area contributed by atoms with Crippen LogP contribution in [0.1, 0.15) is 52.8 Å². The van der Waals surface area contributed by atoms with E-state index < -0.39 is 0 Å². The molecule has 1 aromatic carbocycles. The van der Waals surface area contributed by atoms with Gasteiger partial charge in [0.05, 0.1) is 12.2 Å². The summed E-state index contributed by atoms with van der Waals surface area (Å²) in [6.07, 6.45) is 2.96. The first-order chi connectivity index (χ1) is 12.1. The summed E-state index contributed by atoms with van der Waals surface area (Å²) in [6, 6.07) is 5.90. The van der Waals surface area contributed by atoms with E-state index in [0.717, 1.165) is 45.6 Å². The maximum Gasteiger partial charge on any atom is 0.256 e. The molecule has 0 spiro atoms. The summed E-state index contributed by atoms with van der Waals surface area (Å²) >= 11 is 5.26. The summed E-state index contributed by atoms with van der Waals surface area (Å²) in [5, 5.41) is 7.64. The van der Waals surface area contributed by atoms with E-state index >= 15 is 0 Å². The van der Waals surface area contributed by atoms with Crippen LogP contribution in [0.25, 0.3) is 0 Å². The maximum atomic E-state index is 12.8. The van der Waals surface area contributed by atoms with Crippen LogP contribution < -0.4 is 15.4 Å². The lowest BCUT2D eigenvalue weighted by Gasteiger charge is -2.28. The summed E-state index contributed by atoms with van der Waals surface area (Å²) in [6.45, 7) is 4.84. The Morgan fingerprint density at radius 2 is 2.20 bits per heavy atom. The van der Waals surface area contributed by atoms with E-state index in [1.165, 1.54) is 10.4 Å². The number of thiophene rings is 1. The molecule has 0 fully saturated rings. The van der Waals surface area contributed by atoms with Crippen LogP contribution in [-0.2, 0) is 12.8 Å². The highest BCUT2D eigenvalue weighted by Crippen LogP contribution is 2.43. The lowest BCUT2D eigenvalue weighted by Crippen LogP contribution is -2.38. The van der Waals surface area contributed by atoms with E-state index in [1.807, 2.05) is 25.1 Å². The second-order valence-corrected chi connectivity index (χ2v) is 8.74. The van der Waals surface area contributed by atoms with Gasteiger partial charge in [-0.3, -0.25) is 4.79 Å². The molecule has 2 heterocycles. The summed E-state index contributed by atoms with van der Waals surface area (Å²) < 4.78 is 6.72. The minimum absolute atomic E-state index is 0.0215. The Kier molecular flexibility index (Phi) is 4.50. The molecule has 0 bridgehead atoms. The van der Waals surface area contributed by atoms with Crippen LogP contribution in [0.3, 0.4) is 0 Å². The molecule has 0 radical (unpaired) electrons. The molecule has 4 nitrogen and oxygen atoms in total. The number of fused-ring (bicyclic) bond motifs is 3. The van der Waals surface area contributed by atoms with Crippen molar-refractivity contribution in [3.63, 3.8) is 0 Å². The number of hydrogen-bond acceptors (Lipinski definition) is 4. The molecule has 132 valence electrons. The molecule has 0 saturated heterocycles. The normalized spacial score (nSPS) is 21.8. The van der Waals surface area contributed by atoms with Gasteiger partial charge in [-0.15, -0.1) is 11.3 Å². The molecule has 2 atom stereocenters. The monoisotopic (exact) mass is 420 g/mol. The van der Waals surface area contributed by atoms with Crippen molar-refractivity contribution in [2.45, 2.75) is 39.3 Å². The highest BCUT2D eigenvalue weighted by molar-refractivity contribution is 9.10. The predicted octanol–water partition coefficient (Wildman–Crippen LogP) is 4.89. The molecule has 6 heteroatoms. The number of hydrogen-bond donors (Lipinski definition) is 2. The predicted molar refractivity (Wildman–Crippen MR) is 105 cm³/mol. The van der Waals surface area contributed by atoms with Crippen LogP contribution >= 0.6 is 27.3 Å². The van der Waals surface area contributed by atoms with Gasteiger partial charge in [0.1, 0.15) is 16.9 Å². The molecule has 1 aliphatic heterocycles. The largest absolute Gasteiger partial charge is 0.493 e. The second-order valence-electron chi connectivity index (χ2n) is 6.72. The van der Waals surface area contributed by atoms with Crippen molar-refractivity contribution < 1.29 is 9.53 Å². The second kappa shape index (κ2) is 6.65. The number of halogens is 1. The van der Waals surface area contributed by atoms with E-state index in [1.54, 1.807) is 11.3 Å². The first-order valence-electron chi connectivity index (χ1n) is 8.71. The number of carbonyl (C=O) groups excluding carboxylic acids is 1. The lowest BCUT2D eigenvalue weighted by atomic mass is 9.88. The maximum absolute atomic E-state index is 12.8. The number of benzene rings is 1. The van der Waals surface area contributed by atoms with Crippen LogP contribution in [0, 0.1) is 5.92 Å². The molecular formula is C19H21BrN2O2S. The average Bonchev–Trinajstić information content (AvgIpc) is 2.94. The molecule has 1 aliphatic carbocycles. The molecule has 2 aromatic rings. The molecule has 1 amide bonds. The zero-order chi connectivity index (χ0) is 17.6. The van der Waals surface area contributed by atoms with E-state index in [2.05, 4.69) is 33.5 Å². The Hall–Kier alpha value is -1.53. The van der Waals surface area contributed by atoms with Crippen molar-refractivity contribution in [2.24, 2.45) is 5.92 Å². The van der Waals surface area contributed by atoms with Crippen LogP contribution in [0.4, 0.5) is 5.00 Å². The van der Waals surface area contributed by atoms with E-state index in [9.17, 15) is 4.79 Å². The van der Waals surface area contributed by atoms with Crippen LogP contribution in [-0.4, -0.2) is 12.5 Å². The fraction of sp³-hybridized carbons (Fsp3) is 0.421. The third-order valence-corrected chi connectivity index (χ3v) is 6.55. The van der Waals surface area contributed by atoms with Gasteiger partial charge >= 0.3 is 0 Å². The zero-order valence-electron chi connectivity index (χ0n) is 14.3. The van der Waals surface area contributed by atoms with Gasteiger partial charge in [-0.2, -0.15) is 0 Å². The standard InChI is InChI=1S/C19H21BrN2O2S/c1-3-24-14-7-5-11(20)9-13(14)17-21-18(23)16-12-6-4-10(2)8-15(12)25-19(16)22-17/h5,7,9-10,17,22H,3-4,6,8H2,1-2H3,(H,21,23)/t10-,17+/m1/s1. The van der Waals surface area contributed by atoms with Gasteiger partial charge in [-0.25, -0.2) is 0 Å². The number of carbonyl (C=O) groups is 1. The summed E-state index contributed by atoms with van der Waals surface area (Å²) in [4.78, 5) is 14.2. The fourth-order valence-corrected chi connectivity index (χ4v) is 5.47. The van der Waals surface area contributed by atoms with Crippen LogP contribution in [0.2, 0.25) is 0 Å². The van der Waals surface area contributed by atoms with Crippen molar-refractivity contribution in [2.75, 3.05) is 11.9 Å². The lowest BCUT2D eigenvalue weighted by molar-refractivity contribution is 0.0934. The quantitative estimate of drug-likeness (QED) is 0.742. The number of anilines is 1. The van der Waals surface area contributed by atoms with E-state index in [-0.39, 0.29) is 12.1 Å². The number of nitrogens with one attached hydrogen (secondary N) is 2. The van der Waals surface area contributed by atoms with E-state index in [4.69, 9.17) is 4.74 Å². The molecule has 0 unspecified atom stereocenters. The fourth-order valence-electron chi connectivity index (χ4n) is 3.65. The minimum Gasteiger partial charge on any atom is -0.493 e. The van der Waals surface area contributed by atoms with Crippen molar-refractivity contribution in [1.82, 2.24) is 5.32 Å². The summed E-state index contributed by atoms with van der Waals surface area (Å²) in [5.41, 5.74) is 3.05. The minimum atomic E-state index is -0.281. The summed E-state index contributed by atoms with van der Waals surface area (Å²) in [7, 11) is 0. The number of ether oxygens (including phenoxy) is 1. The van der Waals surface area contributed by atoms with Gasteiger partial charge < -0.3 is 15.4 Å². The SMILES string of the molecule is CCOc1ccc(Br)cc1[C@H]1NC(=O)c2c(sc3c2CC[C@@H](C)C3)N1. The van der Waals surface area contributed by atoms with Crippen molar-refractivity contribution in [3.05, 3.63) is 44.2 Å². The van der Waals surface area contributed by atoms with Gasteiger partial charge in [0.15, 0.2) is 0 Å². The average molecular weight is 421 g/mol. The van der Waals surface area contributed by atoms with Crippen molar-refractivity contribution >= 4 is 38.2 Å². The Morgan fingerprint density at radius 1 is 1.36 bits per heavy atom. The van der Waals surface area contributed by atoms with Gasteiger partial charge in [-0.1, -0.05) is 22.9 Å². The molecular weight excluding hydrogens is 400 g/mol. The molecule has 2 N–H and O–H groups in total. The topological polar surface area (TPSA) is 50.4 Å². The number of rotatable bonds is 3. The highest BCUT2D eigenvalue weighted by Gasteiger charge is 2.34. The smallest absolute Gasteiger partial charge is 0.256 e.